The van der Waals surface area contributed by atoms with Crippen LogP contribution >= 0.6 is 0 Å². The number of nitrogens with zero attached hydrogens (tertiary/aromatic N) is 1. The van der Waals surface area contributed by atoms with Crippen molar-refractivity contribution in [1.82, 2.24) is 10.2 Å². The summed E-state index contributed by atoms with van der Waals surface area (Å²) in [6.45, 7) is 8.01. The average molecular weight is 493 g/mol. The minimum absolute atomic E-state index is 0.0576. The van der Waals surface area contributed by atoms with E-state index in [1.165, 1.54) is 0 Å². The fourth-order valence-corrected chi connectivity index (χ4v) is 8.04. The predicted molar refractivity (Wildman–Crippen MR) is 129 cm³/mol. The molecule has 7 atom stereocenters. The molecule has 0 bridgehead atoms. The van der Waals surface area contributed by atoms with Crippen molar-refractivity contribution >= 4 is 11.8 Å². The number of hydrogen-bond acceptors (Lipinski definition) is 6. The highest BCUT2D eigenvalue weighted by Crippen LogP contribution is 2.62. The van der Waals surface area contributed by atoms with Crippen molar-refractivity contribution in [1.29, 1.82) is 0 Å². The summed E-state index contributed by atoms with van der Waals surface area (Å²) in [5.74, 6) is 0.672. The zero-order valence-electron chi connectivity index (χ0n) is 21.5. The lowest BCUT2D eigenvalue weighted by Gasteiger charge is -2.63. The predicted octanol–water partition coefficient (Wildman–Crippen LogP) is 2.48. The second kappa shape index (κ2) is 10.3. The van der Waals surface area contributed by atoms with Gasteiger partial charge in [-0.3, -0.25) is 9.59 Å². The molecule has 2 amide bonds. The normalized spacial score (nSPS) is 42.3. The number of nitrogens with one attached hydrogen (secondary N) is 1. The molecule has 3 saturated carbocycles. The van der Waals surface area contributed by atoms with Crippen molar-refractivity contribution in [2.75, 3.05) is 39.5 Å². The summed E-state index contributed by atoms with van der Waals surface area (Å²) < 4.78 is 18.1. The number of aliphatic hydroxyl groups excluding tert-OH is 1. The zero-order chi connectivity index (χ0) is 24.6. The summed E-state index contributed by atoms with van der Waals surface area (Å²) in [5.41, 5.74) is -0.305. The van der Waals surface area contributed by atoms with Crippen molar-refractivity contribution in [2.24, 2.45) is 28.6 Å². The Hall–Kier alpha value is -1.22. The van der Waals surface area contributed by atoms with E-state index in [4.69, 9.17) is 14.2 Å². The average Bonchev–Trinajstić information content (AvgIpc) is 3.40. The molecule has 0 aromatic rings. The van der Waals surface area contributed by atoms with Gasteiger partial charge < -0.3 is 29.5 Å². The number of aliphatic hydroxyl groups is 1. The molecule has 2 saturated heterocycles. The monoisotopic (exact) mass is 492 g/mol. The zero-order valence-corrected chi connectivity index (χ0v) is 21.5. The van der Waals surface area contributed by atoms with Gasteiger partial charge in [-0.2, -0.15) is 0 Å². The topological polar surface area (TPSA) is 97.3 Å². The SMILES string of the molecule is CC12COC(CNC(=O)C3CCCC3)OC1CCC1(C)C(CC(=O)N3CCOCC3)C(O)CCC21. The summed E-state index contributed by atoms with van der Waals surface area (Å²) in [6.07, 6.45) is 7.30. The number of morpholine rings is 1. The second-order valence-corrected chi connectivity index (χ2v) is 12.1. The summed E-state index contributed by atoms with van der Waals surface area (Å²) >= 11 is 0. The molecule has 0 aromatic heterocycles. The summed E-state index contributed by atoms with van der Waals surface area (Å²) in [7, 11) is 0. The molecule has 2 heterocycles. The minimum Gasteiger partial charge on any atom is -0.393 e. The molecule has 0 aromatic carbocycles. The molecule has 0 spiro atoms. The summed E-state index contributed by atoms with van der Waals surface area (Å²) in [5, 5.41) is 14.1. The van der Waals surface area contributed by atoms with E-state index in [9.17, 15) is 14.7 Å². The van der Waals surface area contributed by atoms with E-state index in [2.05, 4.69) is 19.2 Å². The first kappa shape index (κ1) is 25.4. The Morgan fingerprint density at radius 1 is 1.03 bits per heavy atom. The van der Waals surface area contributed by atoms with Crippen LogP contribution in [0.3, 0.4) is 0 Å². The van der Waals surface area contributed by atoms with Crippen LogP contribution in [-0.2, 0) is 23.8 Å². The fourth-order valence-electron chi connectivity index (χ4n) is 8.04. The van der Waals surface area contributed by atoms with Crippen LogP contribution in [0, 0.1) is 28.6 Å². The first-order chi connectivity index (χ1) is 16.8. The van der Waals surface area contributed by atoms with Gasteiger partial charge in [0.15, 0.2) is 6.29 Å². The fraction of sp³-hybridized carbons (Fsp3) is 0.926. The van der Waals surface area contributed by atoms with E-state index < -0.39 is 12.4 Å². The molecule has 0 radical (unpaired) electrons. The Bertz CT molecular complexity index is 782. The maximum absolute atomic E-state index is 13.1. The van der Waals surface area contributed by atoms with Crippen LogP contribution < -0.4 is 5.32 Å². The Morgan fingerprint density at radius 2 is 1.77 bits per heavy atom. The first-order valence-corrected chi connectivity index (χ1v) is 13.9. The van der Waals surface area contributed by atoms with Crippen LogP contribution in [0.1, 0.15) is 71.6 Å². The molecule has 35 heavy (non-hydrogen) atoms. The molecule has 5 fully saturated rings. The van der Waals surface area contributed by atoms with Gasteiger partial charge in [-0.25, -0.2) is 0 Å². The minimum atomic E-state index is -0.453. The molecular formula is C27H44N2O6. The van der Waals surface area contributed by atoms with Crippen LogP contribution in [0.4, 0.5) is 0 Å². The van der Waals surface area contributed by atoms with Gasteiger partial charge in [-0.05, 0) is 55.8 Å². The highest BCUT2D eigenvalue weighted by Gasteiger charge is 2.61. The Kier molecular flexibility index (Phi) is 7.46. The van der Waals surface area contributed by atoms with Crippen molar-refractivity contribution in [3.8, 4) is 0 Å². The van der Waals surface area contributed by atoms with Gasteiger partial charge in [0.25, 0.3) is 0 Å². The van der Waals surface area contributed by atoms with Crippen molar-refractivity contribution in [2.45, 2.75) is 90.1 Å². The third-order valence-corrected chi connectivity index (χ3v) is 10.2. The molecule has 3 aliphatic carbocycles. The van der Waals surface area contributed by atoms with E-state index in [1.807, 2.05) is 4.90 Å². The molecule has 5 rings (SSSR count). The van der Waals surface area contributed by atoms with E-state index in [1.54, 1.807) is 0 Å². The smallest absolute Gasteiger partial charge is 0.223 e. The number of carbonyl (C=O) groups is 2. The van der Waals surface area contributed by atoms with E-state index in [-0.39, 0.29) is 40.6 Å². The molecule has 2 aliphatic heterocycles. The van der Waals surface area contributed by atoms with Crippen LogP contribution in [0.25, 0.3) is 0 Å². The number of hydrogen-bond donors (Lipinski definition) is 2. The molecule has 5 aliphatic rings. The Labute approximate surface area is 209 Å². The largest absolute Gasteiger partial charge is 0.393 e. The standard InChI is InChI=1S/C27H44N2O6/c1-26-10-9-22-27(2,17-34-24(35-22)16-28-25(32)18-5-3-4-6-18)21(26)8-7-20(30)19(26)15-23(31)29-11-13-33-14-12-29/h18-22,24,30H,3-17H2,1-2H3,(H,28,32). The van der Waals surface area contributed by atoms with Crippen molar-refractivity contribution in [3.63, 3.8) is 0 Å². The van der Waals surface area contributed by atoms with Gasteiger partial charge in [0.2, 0.25) is 11.8 Å². The number of fused-ring (bicyclic) bond motifs is 3. The van der Waals surface area contributed by atoms with Gasteiger partial charge in [0.05, 0.1) is 38.6 Å². The van der Waals surface area contributed by atoms with Crippen LogP contribution in [0.5, 0.6) is 0 Å². The lowest BCUT2D eigenvalue weighted by molar-refractivity contribution is -0.306. The number of amides is 2. The third kappa shape index (κ3) is 4.88. The molecule has 198 valence electrons. The van der Waals surface area contributed by atoms with E-state index in [0.29, 0.717) is 58.2 Å². The summed E-state index contributed by atoms with van der Waals surface area (Å²) in [6, 6.07) is 0. The van der Waals surface area contributed by atoms with E-state index in [0.717, 1.165) is 44.9 Å². The highest BCUT2D eigenvalue weighted by molar-refractivity contribution is 5.78. The molecule has 2 N–H and O–H groups in total. The van der Waals surface area contributed by atoms with Gasteiger partial charge in [-0.15, -0.1) is 0 Å². The number of rotatable bonds is 5. The van der Waals surface area contributed by atoms with Crippen molar-refractivity contribution < 1.29 is 28.9 Å². The van der Waals surface area contributed by atoms with Gasteiger partial charge in [0.1, 0.15) is 0 Å². The molecule has 8 heteroatoms. The maximum Gasteiger partial charge on any atom is 0.223 e. The molecular weight excluding hydrogens is 448 g/mol. The first-order valence-electron chi connectivity index (χ1n) is 13.9. The van der Waals surface area contributed by atoms with Gasteiger partial charge in [-0.1, -0.05) is 26.7 Å². The third-order valence-electron chi connectivity index (χ3n) is 10.2. The van der Waals surface area contributed by atoms with Gasteiger partial charge in [0, 0.05) is 30.8 Å². The quantitative estimate of drug-likeness (QED) is 0.612. The summed E-state index contributed by atoms with van der Waals surface area (Å²) in [4.78, 5) is 27.5. The Balaban J connectivity index is 1.23. The van der Waals surface area contributed by atoms with E-state index >= 15 is 0 Å². The van der Waals surface area contributed by atoms with Crippen LogP contribution in [0.2, 0.25) is 0 Å². The van der Waals surface area contributed by atoms with Crippen molar-refractivity contribution in [3.05, 3.63) is 0 Å². The Morgan fingerprint density at radius 3 is 2.51 bits per heavy atom. The maximum atomic E-state index is 13.1. The van der Waals surface area contributed by atoms with Crippen LogP contribution in [0.15, 0.2) is 0 Å². The highest BCUT2D eigenvalue weighted by atomic mass is 16.7. The lowest BCUT2D eigenvalue weighted by atomic mass is 9.46. The molecule has 7 unspecified atom stereocenters. The number of carbonyl (C=O) groups excluding carboxylic acids is 2. The molecule has 8 nitrogen and oxygen atoms in total. The second-order valence-electron chi connectivity index (χ2n) is 12.1. The number of ether oxygens (including phenoxy) is 3. The van der Waals surface area contributed by atoms with Gasteiger partial charge >= 0.3 is 0 Å². The van der Waals surface area contributed by atoms with Crippen LogP contribution in [-0.4, -0.2) is 79.8 Å². The lowest BCUT2D eigenvalue weighted by Crippen LogP contribution is -2.64.